The van der Waals surface area contributed by atoms with Crippen molar-refractivity contribution in [3.8, 4) is 11.5 Å². The SMILES string of the molecule is CC1=C(c2ccc(Cl)cc2)C(c2ccc(OCCN3CC(CF)C3)cc2)Oc2ccccc21. The summed E-state index contributed by atoms with van der Waals surface area (Å²) in [7, 11) is 0. The van der Waals surface area contributed by atoms with Crippen molar-refractivity contribution in [2.45, 2.75) is 13.0 Å². The molecule has 0 aliphatic carbocycles. The lowest BCUT2D eigenvalue weighted by Gasteiger charge is -2.37. The Morgan fingerprint density at radius 2 is 1.73 bits per heavy atom. The number of alkyl halides is 1. The Balaban J connectivity index is 1.36. The summed E-state index contributed by atoms with van der Waals surface area (Å²) in [6.45, 7) is 5.01. The summed E-state index contributed by atoms with van der Waals surface area (Å²) in [4.78, 5) is 2.22. The fourth-order valence-electron chi connectivity index (χ4n) is 4.63. The zero-order chi connectivity index (χ0) is 22.8. The first kappa shape index (κ1) is 22.0. The van der Waals surface area contributed by atoms with Crippen LogP contribution in [-0.4, -0.2) is 37.8 Å². The zero-order valence-corrected chi connectivity index (χ0v) is 19.4. The van der Waals surface area contributed by atoms with E-state index in [4.69, 9.17) is 21.1 Å². The highest BCUT2D eigenvalue weighted by Crippen LogP contribution is 2.46. The molecule has 2 heterocycles. The van der Waals surface area contributed by atoms with E-state index in [0.29, 0.717) is 11.6 Å². The van der Waals surface area contributed by atoms with Crippen LogP contribution in [0.2, 0.25) is 5.02 Å². The summed E-state index contributed by atoms with van der Waals surface area (Å²) in [6, 6.07) is 24.2. The largest absolute Gasteiger partial charge is 0.492 e. The van der Waals surface area contributed by atoms with E-state index in [1.165, 1.54) is 5.57 Å². The second kappa shape index (κ2) is 9.58. The van der Waals surface area contributed by atoms with Gasteiger partial charge >= 0.3 is 0 Å². The molecule has 5 heteroatoms. The maximum atomic E-state index is 12.6. The molecule has 0 radical (unpaired) electrons. The van der Waals surface area contributed by atoms with Crippen LogP contribution in [0.4, 0.5) is 4.39 Å². The molecule has 0 spiro atoms. The van der Waals surface area contributed by atoms with Gasteiger partial charge in [0.25, 0.3) is 0 Å². The first-order valence-corrected chi connectivity index (χ1v) is 11.7. The van der Waals surface area contributed by atoms with Crippen LogP contribution >= 0.6 is 11.6 Å². The predicted molar refractivity (Wildman–Crippen MR) is 132 cm³/mol. The van der Waals surface area contributed by atoms with E-state index in [0.717, 1.165) is 53.4 Å². The van der Waals surface area contributed by atoms with Gasteiger partial charge in [0.2, 0.25) is 0 Å². The summed E-state index contributed by atoms with van der Waals surface area (Å²) in [6.07, 6.45) is -0.228. The molecule has 3 aromatic carbocycles. The number of para-hydroxylation sites is 1. The van der Waals surface area contributed by atoms with Gasteiger partial charge in [-0.2, -0.15) is 0 Å². The molecule has 0 N–H and O–H groups in total. The zero-order valence-electron chi connectivity index (χ0n) is 18.6. The van der Waals surface area contributed by atoms with Crippen LogP contribution in [0.15, 0.2) is 72.8 Å². The molecule has 1 fully saturated rings. The van der Waals surface area contributed by atoms with Crippen LogP contribution in [0, 0.1) is 5.92 Å². The van der Waals surface area contributed by atoms with E-state index in [2.05, 4.69) is 30.0 Å². The van der Waals surface area contributed by atoms with E-state index in [1.54, 1.807) is 0 Å². The Labute approximate surface area is 199 Å². The second-order valence-electron chi connectivity index (χ2n) is 8.74. The minimum Gasteiger partial charge on any atom is -0.492 e. The number of hydrogen-bond acceptors (Lipinski definition) is 3. The highest BCUT2D eigenvalue weighted by Gasteiger charge is 2.29. The summed E-state index contributed by atoms with van der Waals surface area (Å²) >= 11 is 6.15. The van der Waals surface area contributed by atoms with Crippen LogP contribution in [0.1, 0.15) is 29.7 Å². The summed E-state index contributed by atoms with van der Waals surface area (Å²) in [5.41, 5.74) is 5.61. The number of nitrogens with zero attached hydrogens (tertiary/aromatic N) is 1. The topological polar surface area (TPSA) is 21.7 Å². The lowest BCUT2D eigenvalue weighted by Crippen LogP contribution is -2.49. The van der Waals surface area contributed by atoms with Gasteiger partial charge in [-0.25, -0.2) is 0 Å². The van der Waals surface area contributed by atoms with E-state index >= 15 is 0 Å². The Bertz CT molecular complexity index is 1140. The van der Waals surface area contributed by atoms with Gasteiger partial charge in [0.05, 0.1) is 6.67 Å². The van der Waals surface area contributed by atoms with Gasteiger partial charge in [-0.3, -0.25) is 9.29 Å². The average Bonchev–Trinajstić information content (AvgIpc) is 2.82. The third-order valence-electron chi connectivity index (χ3n) is 6.47. The molecule has 0 amide bonds. The van der Waals surface area contributed by atoms with Crippen molar-refractivity contribution >= 4 is 22.7 Å². The van der Waals surface area contributed by atoms with Crippen molar-refractivity contribution < 1.29 is 13.9 Å². The molecule has 0 bridgehead atoms. The van der Waals surface area contributed by atoms with Gasteiger partial charge in [-0.15, -0.1) is 0 Å². The van der Waals surface area contributed by atoms with Crippen molar-refractivity contribution in [2.75, 3.05) is 32.9 Å². The van der Waals surface area contributed by atoms with Crippen molar-refractivity contribution in [1.82, 2.24) is 4.90 Å². The first-order valence-electron chi connectivity index (χ1n) is 11.4. The number of fused-ring (bicyclic) bond motifs is 1. The quantitative estimate of drug-likeness (QED) is 0.390. The number of ether oxygens (including phenoxy) is 2. The van der Waals surface area contributed by atoms with Gasteiger partial charge in [-0.1, -0.05) is 54.1 Å². The van der Waals surface area contributed by atoms with Crippen LogP contribution in [-0.2, 0) is 0 Å². The van der Waals surface area contributed by atoms with E-state index in [-0.39, 0.29) is 18.7 Å². The van der Waals surface area contributed by atoms with E-state index in [1.807, 2.05) is 54.6 Å². The Hall–Kier alpha value is -2.82. The monoisotopic (exact) mass is 463 g/mol. The van der Waals surface area contributed by atoms with E-state index < -0.39 is 0 Å². The molecule has 3 nitrogen and oxygen atoms in total. The van der Waals surface area contributed by atoms with Gasteiger partial charge in [0, 0.05) is 41.7 Å². The van der Waals surface area contributed by atoms with Gasteiger partial charge in [-0.05, 0) is 54.0 Å². The smallest absolute Gasteiger partial charge is 0.150 e. The standard InChI is InChI=1S/C28H27ClFNO2/c1-19-25-4-2-3-5-26(25)33-28(27(19)21-6-10-23(29)11-7-21)22-8-12-24(13-9-22)32-15-14-31-17-20(16-30)18-31/h2-13,20,28H,14-18H2,1H3. The third kappa shape index (κ3) is 4.64. The lowest BCUT2D eigenvalue weighted by molar-refractivity contribution is 0.0668. The molecule has 0 saturated carbocycles. The number of allylic oxidation sites excluding steroid dienone is 1. The van der Waals surface area contributed by atoms with Crippen LogP contribution in [0.3, 0.4) is 0 Å². The lowest BCUT2D eigenvalue weighted by atomic mass is 9.86. The first-order chi connectivity index (χ1) is 16.1. The van der Waals surface area contributed by atoms with Crippen LogP contribution < -0.4 is 9.47 Å². The molecule has 33 heavy (non-hydrogen) atoms. The minimum absolute atomic E-state index is 0.205. The van der Waals surface area contributed by atoms with Crippen molar-refractivity contribution in [2.24, 2.45) is 5.92 Å². The maximum absolute atomic E-state index is 12.6. The molecule has 170 valence electrons. The minimum atomic E-state index is -0.228. The predicted octanol–water partition coefficient (Wildman–Crippen LogP) is 6.68. The summed E-state index contributed by atoms with van der Waals surface area (Å²) in [5, 5.41) is 0.714. The number of halogens is 2. The average molecular weight is 464 g/mol. The van der Waals surface area contributed by atoms with Crippen molar-refractivity contribution in [3.05, 3.63) is 94.5 Å². The Morgan fingerprint density at radius 1 is 1.00 bits per heavy atom. The second-order valence-corrected chi connectivity index (χ2v) is 9.17. The fourth-order valence-corrected chi connectivity index (χ4v) is 4.75. The normalized spacial score (nSPS) is 18.5. The molecule has 1 atom stereocenters. The molecule has 1 unspecified atom stereocenters. The fraction of sp³-hybridized carbons (Fsp3) is 0.286. The maximum Gasteiger partial charge on any atom is 0.150 e. The molecule has 5 rings (SSSR count). The highest BCUT2D eigenvalue weighted by atomic mass is 35.5. The number of likely N-dealkylation sites (tertiary alicyclic amines) is 1. The Kier molecular flexibility index (Phi) is 6.39. The molecule has 3 aromatic rings. The molecular weight excluding hydrogens is 437 g/mol. The number of rotatable bonds is 7. The molecular formula is C28H27ClFNO2. The molecule has 1 saturated heterocycles. The summed E-state index contributed by atoms with van der Waals surface area (Å²) < 4.78 is 25.0. The van der Waals surface area contributed by atoms with Crippen molar-refractivity contribution in [1.29, 1.82) is 0 Å². The molecule has 2 aliphatic heterocycles. The van der Waals surface area contributed by atoms with Crippen LogP contribution in [0.5, 0.6) is 11.5 Å². The van der Waals surface area contributed by atoms with E-state index in [9.17, 15) is 4.39 Å². The third-order valence-corrected chi connectivity index (χ3v) is 6.72. The summed E-state index contributed by atoms with van der Waals surface area (Å²) in [5.74, 6) is 1.92. The highest BCUT2D eigenvalue weighted by molar-refractivity contribution is 6.30. The van der Waals surface area contributed by atoms with Gasteiger partial charge < -0.3 is 9.47 Å². The number of benzene rings is 3. The van der Waals surface area contributed by atoms with Gasteiger partial charge in [0.1, 0.15) is 24.2 Å². The Morgan fingerprint density at radius 3 is 2.45 bits per heavy atom. The number of hydrogen-bond donors (Lipinski definition) is 0. The van der Waals surface area contributed by atoms with Crippen LogP contribution in [0.25, 0.3) is 11.1 Å². The van der Waals surface area contributed by atoms with Crippen molar-refractivity contribution in [3.63, 3.8) is 0 Å². The molecule has 2 aliphatic rings. The molecule has 0 aromatic heterocycles. The van der Waals surface area contributed by atoms with Gasteiger partial charge in [0.15, 0.2) is 0 Å².